The van der Waals surface area contributed by atoms with Crippen LogP contribution >= 0.6 is 0 Å². The third-order valence-electron chi connectivity index (χ3n) is 1.95. The van der Waals surface area contributed by atoms with Gasteiger partial charge < -0.3 is 5.73 Å². The normalized spacial score (nSPS) is 8.81. The van der Waals surface area contributed by atoms with Gasteiger partial charge in [-0.3, -0.25) is 0 Å². The molecule has 3 heteroatoms. The minimum Gasteiger partial charge on any atom is -0.326 e. The number of aromatic nitrogens is 2. The monoisotopic (exact) mass is 225 g/mol. The van der Waals surface area contributed by atoms with Gasteiger partial charge in [-0.1, -0.05) is 41.5 Å². The van der Waals surface area contributed by atoms with Crippen LogP contribution in [-0.2, 0) is 6.54 Å². The highest BCUT2D eigenvalue weighted by molar-refractivity contribution is 5.25. The molecule has 16 heavy (non-hydrogen) atoms. The van der Waals surface area contributed by atoms with Crippen LogP contribution in [0.3, 0.4) is 0 Å². The molecule has 0 aliphatic heterocycles. The molecule has 1 aromatic heterocycles. The second-order valence-electron chi connectivity index (χ2n) is 3.18. The molecule has 0 fully saturated rings. The van der Waals surface area contributed by atoms with Crippen molar-refractivity contribution < 1.29 is 0 Å². The summed E-state index contributed by atoms with van der Waals surface area (Å²) < 4.78 is 0. The van der Waals surface area contributed by atoms with E-state index in [2.05, 4.69) is 23.8 Å². The molecule has 0 bridgehead atoms. The van der Waals surface area contributed by atoms with E-state index in [9.17, 15) is 0 Å². The number of aryl methyl sites for hydroxylation is 1. The van der Waals surface area contributed by atoms with Gasteiger partial charge in [0, 0.05) is 17.8 Å². The van der Waals surface area contributed by atoms with E-state index in [4.69, 9.17) is 5.73 Å². The van der Waals surface area contributed by atoms with Crippen LogP contribution in [0.4, 0.5) is 0 Å². The second kappa shape index (κ2) is 10.6. The Morgan fingerprint density at radius 3 is 1.94 bits per heavy atom. The van der Waals surface area contributed by atoms with Crippen LogP contribution in [0.5, 0.6) is 0 Å². The smallest absolute Gasteiger partial charge is 0.115 e. The molecular weight excluding hydrogens is 198 g/mol. The summed E-state index contributed by atoms with van der Waals surface area (Å²) >= 11 is 0. The summed E-state index contributed by atoms with van der Waals surface area (Å²) in [5.74, 6) is 0.422. The van der Waals surface area contributed by atoms with Gasteiger partial charge in [-0.25, -0.2) is 9.97 Å². The molecule has 94 valence electrons. The molecule has 0 unspecified atom stereocenters. The van der Waals surface area contributed by atoms with Gasteiger partial charge in [0.05, 0.1) is 5.69 Å². The first-order chi connectivity index (χ1) is 7.66. The standard InChI is InChI=1S/C9H15N3.2C2H6/c1-6(2)9-8(4-10)7(3)11-5-12-9;2*1-2/h5-6H,4,10H2,1-3H3;2*1-2H3. The predicted molar refractivity (Wildman–Crippen MR) is 71.4 cm³/mol. The van der Waals surface area contributed by atoms with E-state index in [0.29, 0.717) is 12.5 Å². The summed E-state index contributed by atoms with van der Waals surface area (Å²) in [4.78, 5) is 8.32. The second-order valence-corrected chi connectivity index (χ2v) is 3.18. The Labute approximate surface area is 101 Å². The molecule has 0 amide bonds. The van der Waals surface area contributed by atoms with Crippen molar-refractivity contribution in [2.45, 2.75) is 60.9 Å². The quantitative estimate of drug-likeness (QED) is 0.839. The predicted octanol–water partition coefficient (Wildman–Crippen LogP) is 3.42. The van der Waals surface area contributed by atoms with Gasteiger partial charge in [0.1, 0.15) is 6.33 Å². The van der Waals surface area contributed by atoms with Gasteiger partial charge >= 0.3 is 0 Å². The lowest BCUT2D eigenvalue weighted by Crippen LogP contribution is -2.08. The van der Waals surface area contributed by atoms with Crippen molar-refractivity contribution in [1.82, 2.24) is 9.97 Å². The topological polar surface area (TPSA) is 51.8 Å². The molecule has 0 atom stereocenters. The molecule has 1 aromatic rings. The molecule has 0 saturated carbocycles. The summed E-state index contributed by atoms with van der Waals surface area (Å²) in [5.41, 5.74) is 8.77. The average molecular weight is 225 g/mol. The molecule has 2 N–H and O–H groups in total. The molecular formula is C13H27N3. The largest absolute Gasteiger partial charge is 0.326 e. The first kappa shape index (κ1) is 17.4. The van der Waals surface area contributed by atoms with E-state index in [1.54, 1.807) is 6.33 Å². The molecule has 0 aliphatic rings. The van der Waals surface area contributed by atoms with Crippen LogP contribution in [0.1, 0.15) is 64.4 Å². The zero-order chi connectivity index (χ0) is 13.1. The maximum atomic E-state index is 5.61. The third kappa shape index (κ3) is 5.21. The van der Waals surface area contributed by atoms with Crippen molar-refractivity contribution in [2.24, 2.45) is 5.73 Å². The van der Waals surface area contributed by atoms with E-state index in [1.165, 1.54) is 0 Å². The average Bonchev–Trinajstić information content (AvgIpc) is 2.33. The number of hydrogen-bond acceptors (Lipinski definition) is 3. The first-order valence-corrected chi connectivity index (χ1v) is 6.17. The fourth-order valence-electron chi connectivity index (χ4n) is 1.27. The number of rotatable bonds is 2. The Bertz CT molecular complexity index is 270. The molecule has 1 rings (SSSR count). The van der Waals surface area contributed by atoms with Crippen molar-refractivity contribution in [3.05, 3.63) is 23.3 Å². The summed E-state index contributed by atoms with van der Waals surface area (Å²) in [6.45, 7) is 14.7. The van der Waals surface area contributed by atoms with Gasteiger partial charge in [-0.15, -0.1) is 0 Å². The lowest BCUT2D eigenvalue weighted by molar-refractivity contribution is 0.776. The first-order valence-electron chi connectivity index (χ1n) is 6.17. The Morgan fingerprint density at radius 2 is 1.62 bits per heavy atom. The van der Waals surface area contributed by atoms with Crippen LogP contribution < -0.4 is 5.73 Å². The Morgan fingerprint density at radius 1 is 1.12 bits per heavy atom. The van der Waals surface area contributed by atoms with Crippen LogP contribution in [0.2, 0.25) is 0 Å². The van der Waals surface area contributed by atoms with Crippen molar-refractivity contribution in [1.29, 1.82) is 0 Å². The SMILES string of the molecule is CC.CC.Cc1ncnc(C(C)C)c1CN. The van der Waals surface area contributed by atoms with Gasteiger partial charge in [0.2, 0.25) is 0 Å². The van der Waals surface area contributed by atoms with Gasteiger partial charge in [0.25, 0.3) is 0 Å². The van der Waals surface area contributed by atoms with Gasteiger partial charge in [-0.2, -0.15) is 0 Å². The van der Waals surface area contributed by atoms with Gasteiger partial charge in [-0.05, 0) is 12.8 Å². The van der Waals surface area contributed by atoms with E-state index in [-0.39, 0.29) is 0 Å². The van der Waals surface area contributed by atoms with Crippen LogP contribution in [0, 0.1) is 6.92 Å². The lowest BCUT2D eigenvalue weighted by atomic mass is 10.0. The van der Waals surface area contributed by atoms with Crippen LogP contribution in [0.15, 0.2) is 6.33 Å². The third-order valence-corrected chi connectivity index (χ3v) is 1.95. The molecule has 1 heterocycles. The maximum absolute atomic E-state index is 5.61. The zero-order valence-corrected chi connectivity index (χ0v) is 11.8. The summed E-state index contributed by atoms with van der Waals surface area (Å²) in [6.07, 6.45) is 1.60. The van der Waals surface area contributed by atoms with Crippen molar-refractivity contribution in [3.63, 3.8) is 0 Å². The summed E-state index contributed by atoms with van der Waals surface area (Å²) in [7, 11) is 0. The fourth-order valence-corrected chi connectivity index (χ4v) is 1.27. The highest BCUT2D eigenvalue weighted by Crippen LogP contribution is 2.17. The van der Waals surface area contributed by atoms with Crippen molar-refractivity contribution >= 4 is 0 Å². The molecule has 0 spiro atoms. The number of nitrogens with two attached hydrogens (primary N) is 1. The maximum Gasteiger partial charge on any atom is 0.115 e. The minimum atomic E-state index is 0.422. The van der Waals surface area contributed by atoms with E-state index < -0.39 is 0 Å². The molecule has 0 radical (unpaired) electrons. The highest BCUT2D eigenvalue weighted by Gasteiger charge is 2.09. The lowest BCUT2D eigenvalue weighted by Gasteiger charge is -2.10. The molecule has 0 saturated heterocycles. The van der Waals surface area contributed by atoms with Crippen molar-refractivity contribution in [3.8, 4) is 0 Å². The summed E-state index contributed by atoms with van der Waals surface area (Å²) in [5, 5.41) is 0. The molecule has 0 aliphatic carbocycles. The van der Waals surface area contributed by atoms with E-state index in [0.717, 1.165) is 17.0 Å². The Balaban J connectivity index is 0. The zero-order valence-electron chi connectivity index (χ0n) is 11.8. The molecule has 3 nitrogen and oxygen atoms in total. The number of nitrogens with zero attached hydrogens (tertiary/aromatic N) is 2. The Hall–Kier alpha value is -0.960. The van der Waals surface area contributed by atoms with E-state index >= 15 is 0 Å². The van der Waals surface area contributed by atoms with E-state index in [1.807, 2.05) is 34.6 Å². The van der Waals surface area contributed by atoms with Gasteiger partial charge in [0.15, 0.2) is 0 Å². The highest BCUT2D eigenvalue weighted by atomic mass is 14.8. The molecule has 0 aromatic carbocycles. The number of hydrogen-bond donors (Lipinski definition) is 1. The summed E-state index contributed by atoms with van der Waals surface area (Å²) in [6, 6.07) is 0. The van der Waals surface area contributed by atoms with Crippen LogP contribution in [-0.4, -0.2) is 9.97 Å². The van der Waals surface area contributed by atoms with Crippen LogP contribution in [0.25, 0.3) is 0 Å². The fraction of sp³-hybridized carbons (Fsp3) is 0.692. The minimum absolute atomic E-state index is 0.422. The Kier molecular flexibility index (Phi) is 11.5. The van der Waals surface area contributed by atoms with Crippen molar-refractivity contribution in [2.75, 3.05) is 0 Å².